The van der Waals surface area contributed by atoms with Crippen LogP contribution in [0.4, 0.5) is 0 Å². The minimum absolute atomic E-state index is 0.356. The molecule has 1 aliphatic heterocycles. The molecule has 1 fully saturated rings. The first-order valence-electron chi connectivity index (χ1n) is 7.84. The van der Waals surface area contributed by atoms with Gasteiger partial charge >= 0.3 is 0 Å². The van der Waals surface area contributed by atoms with Gasteiger partial charge in [-0.1, -0.05) is 24.9 Å². The van der Waals surface area contributed by atoms with Crippen molar-refractivity contribution in [2.75, 3.05) is 13.2 Å². The number of aliphatic hydroxyl groups excluding tert-OH is 3. The van der Waals surface area contributed by atoms with Gasteiger partial charge in [-0.15, -0.1) is 0 Å². The average molecular weight is 358 g/mol. The van der Waals surface area contributed by atoms with E-state index in [2.05, 4.69) is 16.9 Å². The molecule has 3 rings (SSSR count). The summed E-state index contributed by atoms with van der Waals surface area (Å²) in [5.41, 5.74) is 0.427. The van der Waals surface area contributed by atoms with Crippen molar-refractivity contribution in [1.29, 1.82) is 0 Å². The average Bonchev–Trinajstić information content (AvgIpc) is 3.06. The molecule has 2 aromatic rings. The van der Waals surface area contributed by atoms with Crippen molar-refractivity contribution in [2.45, 2.75) is 44.3 Å². The fourth-order valence-corrected chi connectivity index (χ4v) is 3.01. The maximum absolute atomic E-state index is 10.2. The van der Waals surface area contributed by atoms with Gasteiger partial charge in [0.15, 0.2) is 11.9 Å². The van der Waals surface area contributed by atoms with E-state index in [0.29, 0.717) is 28.5 Å². The molecule has 0 radical (unpaired) electrons. The lowest BCUT2D eigenvalue weighted by molar-refractivity contribution is -0.0508. The molecule has 4 atom stereocenters. The van der Waals surface area contributed by atoms with Crippen LogP contribution in [-0.2, 0) is 4.74 Å². The summed E-state index contributed by atoms with van der Waals surface area (Å²) in [7, 11) is 0. The Kier molecular flexibility index (Phi) is 5.21. The predicted molar refractivity (Wildman–Crippen MR) is 86.0 cm³/mol. The largest absolute Gasteiger partial charge is 0.477 e. The Balaban J connectivity index is 1.97. The van der Waals surface area contributed by atoms with Crippen LogP contribution in [0.3, 0.4) is 0 Å². The summed E-state index contributed by atoms with van der Waals surface area (Å²) >= 11 is 6.30. The number of rotatable bonds is 6. The highest BCUT2D eigenvalue weighted by Gasteiger charge is 2.44. The fourth-order valence-electron chi connectivity index (χ4n) is 2.74. The zero-order chi connectivity index (χ0) is 17.3. The van der Waals surface area contributed by atoms with E-state index in [1.54, 1.807) is 6.20 Å². The second-order valence-corrected chi connectivity index (χ2v) is 6.10. The number of fused-ring (bicyclic) bond motifs is 1. The number of nitrogens with zero attached hydrogens (tertiary/aromatic N) is 3. The van der Waals surface area contributed by atoms with Gasteiger partial charge in [0.05, 0.1) is 23.6 Å². The monoisotopic (exact) mass is 357 g/mol. The molecule has 1 aliphatic rings. The SMILES string of the molecule is CCCCOc1ncnc2c1c(Cl)cn2C1O[C@H](CO)[C@@H](O)[C@H]1O. The zero-order valence-electron chi connectivity index (χ0n) is 13.2. The van der Waals surface area contributed by atoms with Crippen LogP contribution in [-0.4, -0.2) is 61.4 Å². The van der Waals surface area contributed by atoms with Crippen molar-refractivity contribution in [2.24, 2.45) is 0 Å². The van der Waals surface area contributed by atoms with E-state index in [0.717, 1.165) is 12.8 Å². The molecule has 1 unspecified atom stereocenters. The highest BCUT2D eigenvalue weighted by molar-refractivity contribution is 6.35. The normalized spacial score (nSPS) is 27.0. The van der Waals surface area contributed by atoms with Crippen LogP contribution in [0.25, 0.3) is 11.0 Å². The lowest BCUT2D eigenvalue weighted by atomic mass is 10.1. The Morgan fingerprint density at radius 3 is 2.79 bits per heavy atom. The van der Waals surface area contributed by atoms with Crippen LogP contribution in [0.5, 0.6) is 5.88 Å². The molecule has 8 nitrogen and oxygen atoms in total. The smallest absolute Gasteiger partial charge is 0.227 e. The first-order chi connectivity index (χ1) is 11.6. The summed E-state index contributed by atoms with van der Waals surface area (Å²) in [6.07, 6.45) is 0.580. The predicted octanol–water partition coefficient (Wildman–Crippen LogP) is 0.875. The highest BCUT2D eigenvalue weighted by atomic mass is 35.5. The first kappa shape index (κ1) is 17.4. The molecule has 3 heterocycles. The van der Waals surface area contributed by atoms with Gasteiger partial charge in [-0.05, 0) is 6.42 Å². The van der Waals surface area contributed by atoms with E-state index >= 15 is 0 Å². The third-order valence-corrected chi connectivity index (χ3v) is 4.34. The Bertz CT molecular complexity index is 710. The number of aliphatic hydroxyl groups is 3. The summed E-state index contributed by atoms with van der Waals surface area (Å²) in [5.74, 6) is 0.365. The van der Waals surface area contributed by atoms with Gasteiger partial charge in [0, 0.05) is 6.20 Å². The summed E-state index contributed by atoms with van der Waals surface area (Å²) in [4.78, 5) is 8.32. The number of unbranched alkanes of at least 4 members (excludes halogenated alkanes) is 1. The molecular formula is C15H20ClN3O5. The minimum atomic E-state index is -1.21. The Labute approximate surface area is 143 Å². The van der Waals surface area contributed by atoms with Crippen molar-refractivity contribution in [3.8, 4) is 5.88 Å². The van der Waals surface area contributed by atoms with Crippen LogP contribution < -0.4 is 4.74 Å². The van der Waals surface area contributed by atoms with Gasteiger partial charge in [-0.25, -0.2) is 9.97 Å². The van der Waals surface area contributed by atoms with E-state index in [4.69, 9.17) is 21.1 Å². The molecule has 2 aromatic heterocycles. The van der Waals surface area contributed by atoms with E-state index in [1.165, 1.54) is 10.9 Å². The van der Waals surface area contributed by atoms with Crippen molar-refractivity contribution >= 4 is 22.6 Å². The number of hydrogen-bond donors (Lipinski definition) is 3. The summed E-state index contributed by atoms with van der Waals surface area (Å²) in [6.45, 7) is 2.17. The van der Waals surface area contributed by atoms with Crippen LogP contribution >= 0.6 is 11.6 Å². The third-order valence-electron chi connectivity index (χ3n) is 4.06. The lowest BCUT2D eigenvalue weighted by Gasteiger charge is -2.17. The Morgan fingerprint density at radius 1 is 1.33 bits per heavy atom. The number of hydrogen-bond acceptors (Lipinski definition) is 7. The quantitative estimate of drug-likeness (QED) is 0.658. The van der Waals surface area contributed by atoms with Gasteiger partial charge < -0.3 is 29.4 Å². The van der Waals surface area contributed by atoms with Crippen LogP contribution in [0.1, 0.15) is 26.0 Å². The van der Waals surface area contributed by atoms with Crippen molar-refractivity contribution in [3.63, 3.8) is 0 Å². The summed E-state index contributed by atoms with van der Waals surface area (Å²) in [6, 6.07) is 0. The molecular weight excluding hydrogens is 338 g/mol. The summed E-state index contributed by atoms with van der Waals surface area (Å²) < 4.78 is 12.7. The molecule has 9 heteroatoms. The molecule has 0 spiro atoms. The standard InChI is InChI=1S/C15H20ClN3O5/c1-2-3-4-23-14-10-8(16)5-19(13(10)17-7-18-14)15-12(22)11(21)9(6-20)24-15/h5,7,9,11-12,15,20-22H,2-4,6H2,1H3/t9-,11-,12-,15?/m1/s1. The summed E-state index contributed by atoms with van der Waals surface area (Å²) in [5, 5.41) is 30.2. The zero-order valence-corrected chi connectivity index (χ0v) is 13.9. The second-order valence-electron chi connectivity index (χ2n) is 5.69. The first-order valence-corrected chi connectivity index (χ1v) is 8.22. The van der Waals surface area contributed by atoms with Crippen LogP contribution in [0.15, 0.2) is 12.5 Å². The van der Waals surface area contributed by atoms with Crippen molar-refractivity contribution < 1.29 is 24.8 Å². The molecule has 3 N–H and O–H groups in total. The van der Waals surface area contributed by atoms with Gasteiger partial charge in [0.1, 0.15) is 24.6 Å². The minimum Gasteiger partial charge on any atom is -0.477 e. The third kappa shape index (κ3) is 2.96. The number of ether oxygens (including phenoxy) is 2. The molecule has 132 valence electrons. The highest BCUT2D eigenvalue weighted by Crippen LogP contribution is 2.37. The fraction of sp³-hybridized carbons (Fsp3) is 0.600. The van der Waals surface area contributed by atoms with Crippen LogP contribution in [0.2, 0.25) is 5.02 Å². The maximum atomic E-state index is 10.2. The maximum Gasteiger partial charge on any atom is 0.227 e. The van der Waals surface area contributed by atoms with Crippen molar-refractivity contribution in [1.82, 2.24) is 14.5 Å². The molecule has 0 saturated carbocycles. The molecule has 0 aliphatic carbocycles. The van der Waals surface area contributed by atoms with E-state index in [-0.39, 0.29) is 0 Å². The molecule has 0 amide bonds. The number of halogens is 1. The van der Waals surface area contributed by atoms with Crippen LogP contribution in [0, 0.1) is 0 Å². The number of aromatic nitrogens is 3. The van der Waals surface area contributed by atoms with Gasteiger partial charge in [0.2, 0.25) is 5.88 Å². The van der Waals surface area contributed by atoms with E-state index < -0.39 is 31.1 Å². The Hall–Kier alpha value is -1.45. The molecule has 1 saturated heterocycles. The van der Waals surface area contributed by atoms with E-state index in [1.807, 2.05) is 0 Å². The lowest BCUT2D eigenvalue weighted by Crippen LogP contribution is -2.33. The molecule has 0 aromatic carbocycles. The Morgan fingerprint density at radius 2 is 2.12 bits per heavy atom. The van der Waals surface area contributed by atoms with E-state index in [9.17, 15) is 15.3 Å². The van der Waals surface area contributed by atoms with Gasteiger partial charge in [0.25, 0.3) is 0 Å². The van der Waals surface area contributed by atoms with Gasteiger partial charge in [-0.3, -0.25) is 0 Å². The second kappa shape index (κ2) is 7.20. The topological polar surface area (TPSA) is 110 Å². The molecule has 0 bridgehead atoms. The van der Waals surface area contributed by atoms with Crippen molar-refractivity contribution in [3.05, 3.63) is 17.5 Å². The van der Waals surface area contributed by atoms with Gasteiger partial charge in [-0.2, -0.15) is 0 Å². The molecule has 24 heavy (non-hydrogen) atoms.